The Bertz CT molecular complexity index is 1080. The lowest BCUT2D eigenvalue weighted by molar-refractivity contribution is -0.117. The van der Waals surface area contributed by atoms with E-state index in [1.165, 1.54) is 0 Å². The monoisotopic (exact) mass is 467 g/mol. The van der Waals surface area contributed by atoms with Gasteiger partial charge in [-0.05, 0) is 57.4 Å². The lowest BCUT2D eigenvalue weighted by atomic mass is 9.99. The molecule has 2 aromatic rings. The van der Waals surface area contributed by atoms with Crippen molar-refractivity contribution in [3.63, 3.8) is 0 Å². The predicted octanol–water partition coefficient (Wildman–Crippen LogP) is 3.35. The number of carbonyl (C=O) groups is 2. The number of ether oxygens (including phenoxy) is 2. The van der Waals surface area contributed by atoms with Crippen LogP contribution in [0.3, 0.4) is 0 Å². The summed E-state index contributed by atoms with van der Waals surface area (Å²) in [6.45, 7) is 6.66. The molecule has 1 saturated heterocycles. The number of piperidine rings is 1. The molecule has 1 aromatic heterocycles. The molecule has 2 aliphatic heterocycles. The van der Waals surface area contributed by atoms with Crippen LogP contribution in [-0.2, 0) is 14.3 Å². The maximum Gasteiger partial charge on any atom is 0.414 e. The van der Waals surface area contributed by atoms with E-state index in [-0.39, 0.29) is 30.2 Å². The third-order valence-corrected chi connectivity index (χ3v) is 7.11. The highest BCUT2D eigenvalue weighted by molar-refractivity contribution is 6.03. The van der Waals surface area contributed by atoms with Crippen molar-refractivity contribution in [1.29, 1.82) is 0 Å². The Labute approximate surface area is 200 Å². The van der Waals surface area contributed by atoms with E-state index in [0.29, 0.717) is 30.4 Å². The highest BCUT2D eigenvalue weighted by Crippen LogP contribution is 2.40. The van der Waals surface area contributed by atoms with Gasteiger partial charge in [-0.15, -0.1) is 0 Å². The molecule has 34 heavy (non-hydrogen) atoms. The Morgan fingerprint density at radius 2 is 1.91 bits per heavy atom. The number of anilines is 2. The molecule has 0 spiro atoms. The second-order valence-corrected chi connectivity index (χ2v) is 9.65. The molecular formula is C25H33N5O4. The van der Waals surface area contributed by atoms with E-state index in [9.17, 15) is 9.59 Å². The predicted molar refractivity (Wildman–Crippen MR) is 129 cm³/mol. The maximum absolute atomic E-state index is 13.5. The highest BCUT2D eigenvalue weighted by atomic mass is 16.6. The second-order valence-electron chi connectivity index (χ2n) is 9.65. The second kappa shape index (κ2) is 9.03. The first-order valence-electron chi connectivity index (χ1n) is 12.1. The molecule has 9 nitrogen and oxygen atoms in total. The number of methoxy groups -OCH3 is 1. The largest absolute Gasteiger partial charge is 0.443 e. The Balaban J connectivity index is 1.47. The lowest BCUT2D eigenvalue weighted by Crippen LogP contribution is -2.56. The smallest absolute Gasteiger partial charge is 0.414 e. The van der Waals surface area contributed by atoms with Gasteiger partial charge < -0.3 is 19.7 Å². The summed E-state index contributed by atoms with van der Waals surface area (Å²) in [5.41, 5.74) is 3.32. The summed E-state index contributed by atoms with van der Waals surface area (Å²) in [5.74, 6) is -0.0531. The zero-order chi connectivity index (χ0) is 24.0. The molecule has 9 heteroatoms. The summed E-state index contributed by atoms with van der Waals surface area (Å²) in [7, 11) is 1.64. The van der Waals surface area contributed by atoms with E-state index in [2.05, 4.69) is 16.6 Å². The van der Waals surface area contributed by atoms with Crippen LogP contribution in [0.2, 0.25) is 0 Å². The van der Waals surface area contributed by atoms with Crippen LogP contribution in [0.25, 0.3) is 11.1 Å². The Morgan fingerprint density at radius 3 is 2.62 bits per heavy atom. The maximum atomic E-state index is 13.5. The van der Waals surface area contributed by atoms with Crippen molar-refractivity contribution in [2.24, 2.45) is 0 Å². The van der Waals surface area contributed by atoms with Gasteiger partial charge in [-0.2, -0.15) is 5.10 Å². The summed E-state index contributed by atoms with van der Waals surface area (Å²) in [6.07, 6.45) is 5.95. The van der Waals surface area contributed by atoms with Crippen LogP contribution in [0.4, 0.5) is 16.2 Å². The first-order valence-corrected chi connectivity index (χ1v) is 12.1. The fourth-order valence-electron chi connectivity index (χ4n) is 5.21. The topological polar surface area (TPSA) is 88.9 Å². The van der Waals surface area contributed by atoms with Gasteiger partial charge in [0.15, 0.2) is 0 Å². The molecular weight excluding hydrogens is 434 g/mol. The zero-order valence-electron chi connectivity index (χ0n) is 20.2. The molecule has 4 atom stereocenters. The van der Waals surface area contributed by atoms with Crippen molar-refractivity contribution < 1.29 is 19.1 Å². The van der Waals surface area contributed by atoms with Crippen LogP contribution in [-0.4, -0.2) is 66.3 Å². The van der Waals surface area contributed by atoms with E-state index in [1.54, 1.807) is 23.8 Å². The molecule has 1 aliphatic carbocycles. The van der Waals surface area contributed by atoms with Crippen molar-refractivity contribution >= 4 is 23.4 Å². The Kier molecular flexibility index (Phi) is 6.07. The molecule has 2 fully saturated rings. The summed E-state index contributed by atoms with van der Waals surface area (Å²) < 4.78 is 13.6. The van der Waals surface area contributed by atoms with Crippen molar-refractivity contribution in [3.8, 4) is 11.1 Å². The molecule has 1 N–H and O–H groups in total. The fourth-order valence-corrected chi connectivity index (χ4v) is 5.21. The third-order valence-electron chi connectivity index (χ3n) is 7.11. The number of rotatable bonds is 4. The molecule has 182 valence electrons. The van der Waals surface area contributed by atoms with E-state index in [4.69, 9.17) is 9.47 Å². The molecule has 3 heterocycles. The van der Waals surface area contributed by atoms with Gasteiger partial charge in [0.1, 0.15) is 12.2 Å². The number of hydrogen-bond acceptors (Lipinski definition) is 6. The zero-order valence-corrected chi connectivity index (χ0v) is 20.2. The van der Waals surface area contributed by atoms with E-state index >= 15 is 0 Å². The number of nitrogens with zero attached hydrogens (tertiary/aromatic N) is 4. The van der Waals surface area contributed by atoms with Crippen molar-refractivity contribution in [2.45, 2.75) is 70.4 Å². The minimum absolute atomic E-state index is 0.0531. The van der Waals surface area contributed by atoms with Gasteiger partial charge in [0.25, 0.3) is 0 Å². The van der Waals surface area contributed by atoms with Gasteiger partial charge in [-0.25, -0.2) is 4.79 Å². The van der Waals surface area contributed by atoms with Gasteiger partial charge in [0.05, 0.1) is 29.7 Å². The number of carbonyl (C=O) groups excluding carboxylic acids is 2. The quantitative estimate of drug-likeness (QED) is 0.742. The average molecular weight is 468 g/mol. The summed E-state index contributed by atoms with van der Waals surface area (Å²) in [6, 6.07) is 6.28. The van der Waals surface area contributed by atoms with Gasteiger partial charge in [-0.1, -0.05) is 6.07 Å². The first kappa shape index (κ1) is 22.9. The van der Waals surface area contributed by atoms with Crippen LogP contribution in [0.5, 0.6) is 0 Å². The Hall–Kier alpha value is -2.91. The standard InChI is InChI=1S/C25H33N5O4/c1-15-13-28(25(32)34-23-9-10-26-16(2)24(23)33-4)22-11-18(5-8-21(22)30(15)17(3)31)19-12-27-29(14-19)20-6-7-20/h5,8,11-12,14-16,20,23-24,26H,6-7,9-10,13H2,1-4H3/t15-,16?,23?,24?/m0/s1. The third kappa shape index (κ3) is 4.18. The summed E-state index contributed by atoms with van der Waals surface area (Å²) in [4.78, 5) is 29.4. The van der Waals surface area contributed by atoms with Crippen molar-refractivity contribution in [2.75, 3.05) is 30.0 Å². The van der Waals surface area contributed by atoms with Gasteiger partial charge >= 0.3 is 6.09 Å². The SMILES string of the molecule is COC1C(C)NCCC1OC(=O)N1C[C@H](C)N(C(C)=O)c2ccc(-c3cnn(C4CC4)c3)cc21. The molecule has 0 bridgehead atoms. The molecule has 1 saturated carbocycles. The molecule has 1 aromatic carbocycles. The lowest BCUT2D eigenvalue weighted by Gasteiger charge is -2.42. The van der Waals surface area contributed by atoms with Gasteiger partial charge in [0, 0.05) is 38.4 Å². The fraction of sp³-hybridized carbons (Fsp3) is 0.560. The van der Waals surface area contributed by atoms with Crippen LogP contribution in [0.1, 0.15) is 46.1 Å². The number of amides is 2. The molecule has 5 rings (SSSR count). The normalized spacial score (nSPS) is 26.8. The average Bonchev–Trinajstić information content (AvgIpc) is 3.54. The number of fused-ring (bicyclic) bond motifs is 1. The number of benzene rings is 1. The summed E-state index contributed by atoms with van der Waals surface area (Å²) in [5, 5.41) is 7.87. The Morgan fingerprint density at radius 1 is 1.12 bits per heavy atom. The minimum Gasteiger partial charge on any atom is -0.443 e. The molecule has 3 unspecified atom stereocenters. The van der Waals surface area contributed by atoms with Gasteiger partial charge in [-0.3, -0.25) is 14.4 Å². The van der Waals surface area contributed by atoms with Crippen molar-refractivity contribution in [3.05, 3.63) is 30.6 Å². The van der Waals surface area contributed by atoms with E-state index < -0.39 is 6.09 Å². The van der Waals surface area contributed by atoms with E-state index in [1.807, 2.05) is 42.9 Å². The van der Waals surface area contributed by atoms with E-state index in [0.717, 1.165) is 30.5 Å². The van der Waals surface area contributed by atoms with Crippen LogP contribution in [0.15, 0.2) is 30.6 Å². The van der Waals surface area contributed by atoms with Gasteiger partial charge in [0.2, 0.25) is 5.91 Å². The number of aromatic nitrogens is 2. The molecule has 2 amide bonds. The van der Waals surface area contributed by atoms with Crippen LogP contribution in [0, 0.1) is 0 Å². The number of hydrogen-bond donors (Lipinski definition) is 1. The van der Waals surface area contributed by atoms with Crippen LogP contribution >= 0.6 is 0 Å². The number of nitrogens with one attached hydrogen (secondary N) is 1. The molecule has 0 radical (unpaired) electrons. The summed E-state index contributed by atoms with van der Waals surface area (Å²) >= 11 is 0. The first-order chi connectivity index (χ1) is 16.4. The van der Waals surface area contributed by atoms with Crippen LogP contribution < -0.4 is 15.1 Å². The molecule has 3 aliphatic rings. The minimum atomic E-state index is -0.414. The highest BCUT2D eigenvalue weighted by Gasteiger charge is 2.38. The van der Waals surface area contributed by atoms with Crippen molar-refractivity contribution in [1.82, 2.24) is 15.1 Å².